The number of carbonyl (C=O) groups excluding carboxylic acids is 2. The van der Waals surface area contributed by atoms with Crippen LogP contribution in [-0.2, 0) is 9.59 Å². The molecule has 0 spiro atoms. The molecular weight excluding hydrogens is 747 g/mol. The Hall–Kier alpha value is -6.14. The quantitative estimate of drug-likeness (QED) is 0.113. The van der Waals surface area contributed by atoms with E-state index in [1.165, 1.54) is 0 Å². The number of carbonyl (C=O) groups is 3. The Kier molecular flexibility index (Phi) is 12.6. The van der Waals surface area contributed by atoms with Crippen LogP contribution in [0.3, 0.4) is 0 Å². The van der Waals surface area contributed by atoms with Crippen molar-refractivity contribution >= 4 is 40.7 Å². The number of hydrogen-bond acceptors (Lipinski definition) is 11. The van der Waals surface area contributed by atoms with Gasteiger partial charge in [0, 0.05) is 56.0 Å². The summed E-state index contributed by atoms with van der Waals surface area (Å²) in [5.41, 5.74) is 3.87. The second-order valence-corrected chi connectivity index (χ2v) is 13.7. The average molecular weight is 790 g/mol. The summed E-state index contributed by atoms with van der Waals surface area (Å²) in [7, 11) is 0. The van der Waals surface area contributed by atoms with E-state index in [1.807, 2.05) is 41.3 Å². The second-order valence-electron chi connectivity index (χ2n) is 13.7. The zero-order valence-electron chi connectivity index (χ0n) is 30.8. The number of benzene rings is 2. The molecule has 15 nitrogen and oxygen atoms in total. The first kappa shape index (κ1) is 40.5. The number of imidazole rings is 1. The average Bonchev–Trinajstić information content (AvgIpc) is 3.93. The molecule has 6 N–H and O–H groups in total. The maximum atomic E-state index is 12.9. The lowest BCUT2D eigenvalue weighted by atomic mass is 9.91. The van der Waals surface area contributed by atoms with E-state index in [9.17, 15) is 33.0 Å². The third kappa shape index (κ3) is 9.64. The molecule has 18 heteroatoms. The minimum Gasteiger partial charge on any atom is -0.475 e. The number of anilines is 2. The van der Waals surface area contributed by atoms with E-state index in [-0.39, 0.29) is 30.2 Å². The lowest BCUT2D eigenvalue weighted by Crippen LogP contribution is -2.42. The lowest BCUT2D eigenvalue weighted by molar-refractivity contribution is -0.192. The number of fused-ring (bicyclic) bond motifs is 1. The van der Waals surface area contributed by atoms with Gasteiger partial charge in [-0.1, -0.05) is 67.6 Å². The molecule has 1 saturated heterocycles. The maximum absolute atomic E-state index is 12.9. The number of aliphatic hydroxyl groups is 2. The first-order chi connectivity index (χ1) is 27.3. The van der Waals surface area contributed by atoms with Crippen LogP contribution in [0.15, 0.2) is 91.5 Å². The highest BCUT2D eigenvalue weighted by atomic mass is 19.4. The molecule has 300 valence electrons. The van der Waals surface area contributed by atoms with Crippen LogP contribution in [0.1, 0.15) is 59.6 Å². The van der Waals surface area contributed by atoms with E-state index >= 15 is 0 Å². The van der Waals surface area contributed by atoms with E-state index in [1.54, 1.807) is 42.3 Å². The van der Waals surface area contributed by atoms with Crippen LogP contribution >= 0.6 is 0 Å². The number of aromatic nitrogens is 5. The van der Waals surface area contributed by atoms with Crippen molar-refractivity contribution in [1.29, 1.82) is 0 Å². The number of carboxylic acid groups (broad SMARTS) is 1. The lowest BCUT2D eigenvalue weighted by Gasteiger charge is -2.22. The summed E-state index contributed by atoms with van der Waals surface area (Å²) in [4.78, 5) is 54.7. The molecule has 1 aliphatic carbocycles. The zero-order chi connectivity index (χ0) is 40.7. The number of alkyl halides is 3. The van der Waals surface area contributed by atoms with Gasteiger partial charge in [-0.05, 0) is 36.1 Å². The molecule has 5 atom stereocenters. The molecule has 3 aromatic heterocycles. The minimum atomic E-state index is -5.08. The second kappa shape index (κ2) is 17.8. The van der Waals surface area contributed by atoms with Gasteiger partial charge in [0.1, 0.15) is 12.2 Å². The van der Waals surface area contributed by atoms with Gasteiger partial charge in [0.15, 0.2) is 17.0 Å². The predicted molar refractivity (Wildman–Crippen MR) is 202 cm³/mol. The van der Waals surface area contributed by atoms with Gasteiger partial charge in [-0.3, -0.25) is 14.6 Å². The standard InChI is InChI=1S/C37H41N9O4.C2HF3O2/c1-2-30(47)42-28-19-29(33(49)32(28)48)46-22-40-31-34(39-20-27(23-9-5-3-6-10-23)24-11-7-4-8-12-24)43-37(44-35(31)46)45-18-15-26(21-45)41-36(50)25-13-16-38-17-14-25;3-2(4,5)1(6)7/h3-14,16-17,22,26-29,32-33,48-49H,2,15,18-21H2,1H3,(H,41,50)(H,42,47)(H,39,43,44);(H,6,7)/t26-,28+,29-,32-,33+;/m1./s1. The van der Waals surface area contributed by atoms with Crippen molar-refractivity contribution in [3.05, 3.63) is 108 Å². The topological polar surface area (TPSA) is 208 Å². The van der Waals surface area contributed by atoms with E-state index in [2.05, 4.69) is 45.2 Å². The van der Waals surface area contributed by atoms with Crippen LogP contribution in [0, 0.1) is 0 Å². The van der Waals surface area contributed by atoms with Gasteiger partial charge in [-0.15, -0.1) is 0 Å². The van der Waals surface area contributed by atoms with Crippen molar-refractivity contribution in [1.82, 2.24) is 35.1 Å². The monoisotopic (exact) mass is 789 g/mol. The minimum absolute atomic E-state index is 0.0160. The van der Waals surface area contributed by atoms with Crippen LogP contribution in [0.5, 0.6) is 0 Å². The molecule has 5 aromatic rings. The number of hydrogen-bond donors (Lipinski definition) is 6. The fraction of sp³-hybridized carbons (Fsp3) is 0.359. The fourth-order valence-corrected chi connectivity index (χ4v) is 6.98. The number of nitrogens with zero attached hydrogens (tertiary/aromatic N) is 6. The summed E-state index contributed by atoms with van der Waals surface area (Å²) in [6, 6.07) is 22.6. The summed E-state index contributed by atoms with van der Waals surface area (Å²) in [5.74, 6) is -2.10. The SMILES string of the molecule is CCC(=O)N[C@H]1C[C@@H](n2cnc3c(NCC(c4ccccc4)c4ccccc4)nc(N4CC[C@@H](NC(=O)c5ccncc5)C4)nc32)[C@H](O)[C@@H]1O.O=C(O)C(F)(F)F. The number of aliphatic carboxylic acids is 1. The first-order valence-electron chi connectivity index (χ1n) is 18.3. The molecule has 0 bridgehead atoms. The van der Waals surface area contributed by atoms with Crippen LogP contribution in [-0.4, -0.2) is 108 Å². The Morgan fingerprint density at radius 3 is 2.14 bits per heavy atom. The van der Waals surface area contributed by atoms with Gasteiger partial charge in [-0.2, -0.15) is 23.1 Å². The van der Waals surface area contributed by atoms with E-state index < -0.39 is 36.4 Å². The van der Waals surface area contributed by atoms with Gasteiger partial charge < -0.3 is 40.7 Å². The Morgan fingerprint density at radius 2 is 1.54 bits per heavy atom. The molecule has 4 heterocycles. The highest BCUT2D eigenvalue weighted by molar-refractivity contribution is 5.94. The van der Waals surface area contributed by atoms with Crippen molar-refractivity contribution in [2.45, 2.75) is 68.6 Å². The van der Waals surface area contributed by atoms with E-state index in [0.717, 1.165) is 11.1 Å². The van der Waals surface area contributed by atoms with Gasteiger partial charge in [0.2, 0.25) is 11.9 Å². The number of nitrogens with one attached hydrogen (secondary N) is 3. The van der Waals surface area contributed by atoms with Crippen molar-refractivity contribution in [2.24, 2.45) is 0 Å². The van der Waals surface area contributed by atoms with Crippen LogP contribution < -0.4 is 20.9 Å². The maximum Gasteiger partial charge on any atom is 0.490 e. The highest BCUT2D eigenvalue weighted by Gasteiger charge is 2.44. The molecule has 2 aromatic carbocycles. The van der Waals surface area contributed by atoms with Crippen LogP contribution in [0.2, 0.25) is 0 Å². The molecule has 57 heavy (non-hydrogen) atoms. The smallest absolute Gasteiger partial charge is 0.475 e. The van der Waals surface area contributed by atoms with Crippen LogP contribution in [0.25, 0.3) is 11.2 Å². The van der Waals surface area contributed by atoms with E-state index in [0.29, 0.717) is 61.0 Å². The highest BCUT2D eigenvalue weighted by Crippen LogP contribution is 2.35. The van der Waals surface area contributed by atoms with Gasteiger partial charge >= 0.3 is 12.1 Å². The number of aliphatic hydroxyl groups excluding tert-OH is 2. The Labute approximate surface area is 325 Å². The number of halogens is 3. The Bertz CT molecular complexity index is 2100. The van der Waals surface area contributed by atoms with Gasteiger partial charge in [-0.25, -0.2) is 9.78 Å². The summed E-state index contributed by atoms with van der Waals surface area (Å²) < 4.78 is 33.5. The van der Waals surface area contributed by atoms with E-state index in [4.69, 9.17) is 24.9 Å². The summed E-state index contributed by atoms with van der Waals surface area (Å²) in [6.07, 6.45) is -1.29. The van der Waals surface area contributed by atoms with Crippen molar-refractivity contribution < 1.29 is 42.9 Å². The summed E-state index contributed by atoms with van der Waals surface area (Å²) in [5, 5.41) is 38.7. The van der Waals surface area contributed by atoms with Crippen molar-refractivity contribution in [3.63, 3.8) is 0 Å². The number of rotatable bonds is 11. The zero-order valence-corrected chi connectivity index (χ0v) is 30.8. The molecule has 2 aliphatic rings. The molecular formula is C39H42F3N9O6. The number of amides is 2. The van der Waals surface area contributed by atoms with Gasteiger partial charge in [0.25, 0.3) is 5.91 Å². The predicted octanol–water partition coefficient (Wildman–Crippen LogP) is 3.67. The molecule has 0 unspecified atom stereocenters. The van der Waals surface area contributed by atoms with Crippen LogP contribution in [0.4, 0.5) is 24.9 Å². The van der Waals surface area contributed by atoms with Crippen molar-refractivity contribution in [3.8, 4) is 0 Å². The molecule has 2 amide bonds. The Morgan fingerprint density at radius 1 is 0.912 bits per heavy atom. The molecule has 7 rings (SSSR count). The van der Waals surface area contributed by atoms with Crippen molar-refractivity contribution in [2.75, 3.05) is 29.9 Å². The Balaban J connectivity index is 0.000000719. The molecule has 0 radical (unpaired) electrons. The molecule has 1 aliphatic heterocycles. The normalized spacial score (nSPS) is 20.5. The first-order valence-corrected chi connectivity index (χ1v) is 18.3. The molecule has 2 fully saturated rings. The molecule has 1 saturated carbocycles. The van der Waals surface area contributed by atoms with Gasteiger partial charge in [0.05, 0.1) is 18.4 Å². The third-order valence-electron chi connectivity index (χ3n) is 9.96. The fourth-order valence-electron chi connectivity index (χ4n) is 6.98. The summed E-state index contributed by atoms with van der Waals surface area (Å²) in [6.45, 7) is 3.39. The number of pyridine rings is 1. The summed E-state index contributed by atoms with van der Waals surface area (Å²) >= 11 is 0. The largest absolute Gasteiger partial charge is 0.490 e. The number of carboxylic acids is 1. The third-order valence-corrected chi connectivity index (χ3v) is 9.96.